The van der Waals surface area contributed by atoms with Crippen LogP contribution in [0.4, 0.5) is 4.79 Å². The molecule has 3 aromatic carbocycles. The van der Waals surface area contributed by atoms with Crippen molar-refractivity contribution in [3.05, 3.63) is 107 Å². The molecule has 4 fully saturated rings. The van der Waals surface area contributed by atoms with Gasteiger partial charge < -0.3 is 39.0 Å². The molecule has 0 spiro atoms. The molecule has 1 aliphatic heterocycles. The predicted octanol–water partition coefficient (Wildman–Crippen LogP) is 13.5. The number of carbonyl (C=O) groups excluding carboxylic acids is 3. The third-order valence-electron chi connectivity index (χ3n) is 19.0. The maximum atomic E-state index is 14.7. The molecule has 2 N–H and O–H groups in total. The van der Waals surface area contributed by atoms with E-state index in [0.717, 1.165) is 59.6 Å². The molecule has 10 atom stereocenters. The second kappa shape index (κ2) is 26.3. The number of hydrogen-bond donors (Lipinski definition) is 2. The van der Waals surface area contributed by atoms with Crippen LogP contribution >= 0.6 is 0 Å². The van der Waals surface area contributed by atoms with Gasteiger partial charge in [-0.25, -0.2) is 4.79 Å². The number of benzene rings is 3. The highest BCUT2D eigenvalue weighted by Gasteiger charge is 2.59. The number of ether oxygens (including phenoxy) is 5. The zero-order valence-electron chi connectivity index (χ0n) is 46.4. The second-order valence-electron chi connectivity index (χ2n) is 23.4. The lowest BCUT2D eigenvalue weighted by atomic mass is 9.47. The van der Waals surface area contributed by atoms with Gasteiger partial charge in [-0.15, -0.1) is 0 Å². The molecule has 12 heteroatoms. The maximum absolute atomic E-state index is 14.7. The Bertz CT molecular complexity index is 2410. The monoisotopic (exact) mass is 1040 g/mol. The van der Waals surface area contributed by atoms with Crippen molar-refractivity contribution in [1.29, 1.82) is 0 Å². The van der Waals surface area contributed by atoms with Crippen LogP contribution in [0.1, 0.15) is 179 Å². The Hall–Kier alpha value is -5.36. The number of likely N-dealkylation sites (tertiary alicyclic amines) is 1. The summed E-state index contributed by atoms with van der Waals surface area (Å²) < 4.78 is 30.3. The number of esters is 1. The molecule has 3 aromatic rings. The lowest BCUT2D eigenvalue weighted by molar-refractivity contribution is -0.152. The summed E-state index contributed by atoms with van der Waals surface area (Å²) in [6.07, 6.45) is 22.4. The minimum atomic E-state index is -1.24. The molecule has 12 nitrogen and oxygen atoms in total. The van der Waals surface area contributed by atoms with Crippen molar-refractivity contribution >= 4 is 23.9 Å². The van der Waals surface area contributed by atoms with Gasteiger partial charge in [-0.3, -0.25) is 14.4 Å². The molecule has 5 aliphatic rings. The maximum Gasteiger partial charge on any atom is 0.407 e. The van der Waals surface area contributed by atoms with E-state index in [1.807, 2.05) is 78.9 Å². The van der Waals surface area contributed by atoms with Crippen LogP contribution < -0.4 is 14.8 Å². The SMILES string of the molecule is CCCCCCCCC1CCC2C3CC=C4CC(OC(=O)NCCCCCC(=O)N5CC(OC(=O)CCC(=O)O)CC5C(OCc5ccc(OC)cc5)(c5ccccc5)c5ccc(OC)cc5)CCC4(C)C3CCC12C. The van der Waals surface area contributed by atoms with E-state index in [0.29, 0.717) is 42.7 Å². The number of amides is 2. The van der Waals surface area contributed by atoms with Crippen LogP contribution in [-0.4, -0.2) is 79.5 Å². The van der Waals surface area contributed by atoms with Gasteiger partial charge in [0.15, 0.2) is 0 Å². The first-order valence-electron chi connectivity index (χ1n) is 29.1. The highest BCUT2D eigenvalue weighted by atomic mass is 16.6. The number of carboxylic acids is 1. The fraction of sp³-hybridized carbons (Fsp3) is 0.625. The van der Waals surface area contributed by atoms with E-state index >= 15 is 0 Å². The first-order chi connectivity index (χ1) is 36.8. The topological polar surface area (TPSA) is 150 Å². The first kappa shape index (κ1) is 56.8. The fourth-order valence-corrected chi connectivity index (χ4v) is 14.8. The van der Waals surface area contributed by atoms with E-state index in [4.69, 9.17) is 23.7 Å². The minimum absolute atomic E-state index is 0.116. The average molecular weight is 1050 g/mol. The van der Waals surface area contributed by atoms with Crippen molar-refractivity contribution < 1.29 is 48.0 Å². The van der Waals surface area contributed by atoms with Crippen LogP contribution in [-0.2, 0) is 40.8 Å². The Kier molecular flexibility index (Phi) is 19.7. The van der Waals surface area contributed by atoms with Crippen LogP contribution in [0.5, 0.6) is 11.5 Å². The number of aliphatic carboxylic acids is 1. The molecule has 414 valence electrons. The number of unbranched alkanes of at least 4 members (excludes halogenated alkanes) is 7. The molecule has 8 rings (SSSR count). The van der Waals surface area contributed by atoms with Crippen molar-refractivity contribution in [1.82, 2.24) is 10.2 Å². The van der Waals surface area contributed by atoms with E-state index in [1.54, 1.807) is 19.1 Å². The number of carbonyl (C=O) groups is 4. The number of methoxy groups -OCH3 is 2. The summed E-state index contributed by atoms with van der Waals surface area (Å²) >= 11 is 0. The van der Waals surface area contributed by atoms with Crippen LogP contribution in [0.25, 0.3) is 0 Å². The summed E-state index contributed by atoms with van der Waals surface area (Å²) in [5, 5.41) is 12.3. The van der Waals surface area contributed by atoms with Crippen LogP contribution in [0.15, 0.2) is 90.5 Å². The van der Waals surface area contributed by atoms with Gasteiger partial charge in [-0.1, -0.05) is 132 Å². The number of fused-ring (bicyclic) bond motifs is 5. The quantitative estimate of drug-likeness (QED) is 0.0452. The molecule has 1 saturated heterocycles. The van der Waals surface area contributed by atoms with E-state index in [-0.39, 0.29) is 62.4 Å². The van der Waals surface area contributed by atoms with Gasteiger partial charge in [0, 0.05) is 25.8 Å². The van der Waals surface area contributed by atoms with Gasteiger partial charge in [0.2, 0.25) is 5.91 Å². The molecule has 1 heterocycles. The van der Waals surface area contributed by atoms with Gasteiger partial charge in [0.05, 0.1) is 46.3 Å². The number of allylic oxidation sites excluding steroid dienone is 1. The van der Waals surface area contributed by atoms with Crippen molar-refractivity contribution in [2.24, 2.45) is 34.5 Å². The molecule has 2 amide bonds. The normalized spacial score (nSPS) is 27.5. The molecule has 76 heavy (non-hydrogen) atoms. The summed E-state index contributed by atoms with van der Waals surface area (Å²) in [7, 11) is 3.23. The lowest BCUT2D eigenvalue weighted by Gasteiger charge is -2.58. The Morgan fingerprint density at radius 2 is 1.42 bits per heavy atom. The van der Waals surface area contributed by atoms with Crippen molar-refractivity contribution in [3.63, 3.8) is 0 Å². The number of rotatable bonds is 26. The molecular weight excluding hydrogens is 957 g/mol. The van der Waals surface area contributed by atoms with E-state index < -0.39 is 29.7 Å². The van der Waals surface area contributed by atoms with Gasteiger partial charge in [-0.2, -0.15) is 0 Å². The van der Waals surface area contributed by atoms with Crippen LogP contribution in [0, 0.1) is 34.5 Å². The number of nitrogens with one attached hydrogen (secondary N) is 1. The second-order valence-corrected chi connectivity index (χ2v) is 23.4. The molecule has 4 aliphatic carbocycles. The summed E-state index contributed by atoms with van der Waals surface area (Å²) in [6.45, 7) is 8.23. The van der Waals surface area contributed by atoms with Gasteiger partial charge in [0.25, 0.3) is 0 Å². The van der Waals surface area contributed by atoms with Crippen LogP contribution in [0.3, 0.4) is 0 Å². The highest BCUT2D eigenvalue weighted by molar-refractivity contribution is 5.78. The standard InChI is InChI=1S/C64H88N2O10/c1-6-7-8-9-10-13-18-46-27-33-55-54-32-26-49-41-52(36-38-63(49,3)56(54)37-39-62(46,55)2)76-61(71)65-40-17-12-16-21-58(67)66-43-53(75-60(70)35-34-59(68)69)42-57(66)64(47-19-14-11-15-20-47,48-24-30-51(73-5)31-25-48)74-44-45-22-28-50(72-4)29-23-45/h11,14-15,19-20,22-26,28-31,46,52-57H,6-10,12-13,16-18,21,27,32-44H2,1-5H3,(H,65,71)(H,68,69). The molecule has 0 bridgehead atoms. The number of nitrogens with zero attached hydrogens (tertiary/aromatic N) is 1. The van der Waals surface area contributed by atoms with Gasteiger partial charge >= 0.3 is 18.0 Å². The summed E-state index contributed by atoms with van der Waals surface area (Å²) in [4.78, 5) is 54.2. The Labute approximate surface area is 453 Å². The summed E-state index contributed by atoms with van der Waals surface area (Å²) in [6, 6.07) is 24.5. The molecular formula is C64H88N2O10. The van der Waals surface area contributed by atoms with E-state index in [2.05, 4.69) is 32.2 Å². The summed E-state index contributed by atoms with van der Waals surface area (Å²) in [5.41, 5.74) is 3.45. The minimum Gasteiger partial charge on any atom is -0.497 e. The van der Waals surface area contributed by atoms with Gasteiger partial charge in [0.1, 0.15) is 29.3 Å². The third kappa shape index (κ3) is 13.1. The zero-order valence-corrected chi connectivity index (χ0v) is 46.4. The number of carboxylic acid groups (broad SMARTS) is 1. The Balaban J connectivity index is 0.869. The number of hydrogen-bond acceptors (Lipinski definition) is 9. The lowest BCUT2D eigenvalue weighted by Crippen LogP contribution is -2.52. The summed E-state index contributed by atoms with van der Waals surface area (Å²) in [5.74, 6) is 2.76. The van der Waals surface area contributed by atoms with E-state index in [9.17, 15) is 24.3 Å². The Morgan fingerprint density at radius 3 is 2.14 bits per heavy atom. The Morgan fingerprint density at radius 1 is 0.724 bits per heavy atom. The molecule has 0 radical (unpaired) electrons. The first-order valence-corrected chi connectivity index (χ1v) is 29.1. The number of alkyl carbamates (subject to hydrolysis) is 1. The van der Waals surface area contributed by atoms with Gasteiger partial charge in [-0.05, 0) is 140 Å². The smallest absolute Gasteiger partial charge is 0.407 e. The molecule has 10 unspecified atom stereocenters. The molecule has 0 aromatic heterocycles. The molecule has 3 saturated carbocycles. The zero-order chi connectivity index (χ0) is 53.7. The third-order valence-corrected chi connectivity index (χ3v) is 19.0. The average Bonchev–Trinajstić information content (AvgIpc) is 4.06. The van der Waals surface area contributed by atoms with Crippen LogP contribution in [0.2, 0.25) is 0 Å². The van der Waals surface area contributed by atoms with Crippen molar-refractivity contribution in [3.8, 4) is 11.5 Å². The van der Waals surface area contributed by atoms with Crippen molar-refractivity contribution in [2.75, 3.05) is 27.3 Å². The largest absolute Gasteiger partial charge is 0.497 e. The van der Waals surface area contributed by atoms with E-state index in [1.165, 1.54) is 82.6 Å². The fourth-order valence-electron chi connectivity index (χ4n) is 14.8. The predicted molar refractivity (Wildman–Crippen MR) is 295 cm³/mol. The highest BCUT2D eigenvalue weighted by Crippen LogP contribution is 2.67. The van der Waals surface area contributed by atoms with Crippen molar-refractivity contribution in [2.45, 2.75) is 192 Å².